The average Bonchev–Trinajstić information content (AvgIpc) is 2.04. The second kappa shape index (κ2) is 3.83. The van der Waals surface area contributed by atoms with Crippen molar-refractivity contribution in [3.05, 3.63) is 29.8 Å². The van der Waals surface area contributed by atoms with Crippen molar-refractivity contribution >= 4 is 31.0 Å². The molecule has 58 valence electrons. The summed E-state index contributed by atoms with van der Waals surface area (Å²) < 4.78 is 0. The number of hydrogen-bond acceptors (Lipinski definition) is 3. The van der Waals surface area contributed by atoms with Crippen LogP contribution in [0, 0.1) is 0 Å². The Morgan fingerprint density at radius 2 is 2.00 bits per heavy atom. The minimum Gasteiger partial charge on any atom is -0.293 e. The van der Waals surface area contributed by atoms with Crippen molar-refractivity contribution in [1.29, 1.82) is 0 Å². The average molecular weight is 184 g/mol. The van der Waals surface area contributed by atoms with Crippen LogP contribution in [-0.2, 0) is 0 Å². The van der Waals surface area contributed by atoms with Crippen LogP contribution < -0.4 is 0 Å². The van der Waals surface area contributed by atoms with Gasteiger partial charge in [0, 0.05) is 10.5 Å². The van der Waals surface area contributed by atoms with Gasteiger partial charge in [-0.1, -0.05) is 18.2 Å². The van der Waals surface area contributed by atoms with Crippen molar-refractivity contribution in [3.63, 3.8) is 0 Å². The van der Waals surface area contributed by atoms with E-state index < -0.39 is 0 Å². The van der Waals surface area contributed by atoms with Crippen molar-refractivity contribution in [2.24, 2.45) is 0 Å². The molecule has 0 aliphatic carbocycles. The van der Waals surface area contributed by atoms with Gasteiger partial charge >= 0.3 is 0 Å². The highest BCUT2D eigenvalue weighted by Crippen LogP contribution is 2.13. The summed E-state index contributed by atoms with van der Waals surface area (Å²) in [6.45, 7) is 0. The van der Waals surface area contributed by atoms with Gasteiger partial charge < -0.3 is 0 Å². The predicted molar refractivity (Wildman–Crippen MR) is 51.9 cm³/mol. The largest absolute Gasteiger partial charge is 0.293 e. The zero-order valence-corrected chi connectivity index (χ0v) is 7.61. The molecule has 11 heavy (non-hydrogen) atoms. The molecule has 1 aromatic carbocycles. The highest BCUT2D eigenvalue weighted by Gasteiger charge is 2.04. The Morgan fingerprint density at radius 1 is 1.36 bits per heavy atom. The third-order valence-electron chi connectivity index (χ3n) is 1.35. The van der Waals surface area contributed by atoms with E-state index in [2.05, 4.69) is 25.3 Å². The van der Waals surface area contributed by atoms with Crippen LogP contribution in [0.3, 0.4) is 0 Å². The van der Waals surface area contributed by atoms with Gasteiger partial charge in [0.2, 0.25) is 0 Å². The first-order chi connectivity index (χ1) is 5.25. The highest BCUT2D eigenvalue weighted by molar-refractivity contribution is 7.81. The van der Waals surface area contributed by atoms with Crippen molar-refractivity contribution in [3.8, 4) is 0 Å². The predicted octanol–water partition coefficient (Wildman–Crippen LogP) is 2.09. The van der Waals surface area contributed by atoms with Crippen molar-refractivity contribution in [2.45, 2.75) is 4.90 Å². The fourth-order valence-corrected chi connectivity index (χ4v) is 1.25. The maximum atomic E-state index is 11.1. The van der Waals surface area contributed by atoms with E-state index in [1.54, 1.807) is 12.1 Å². The number of hydrogen-bond donors (Lipinski definition) is 2. The fourth-order valence-electron chi connectivity index (χ4n) is 0.795. The Morgan fingerprint density at radius 3 is 2.55 bits per heavy atom. The van der Waals surface area contributed by atoms with Gasteiger partial charge in [-0.15, -0.1) is 12.6 Å². The summed E-state index contributed by atoms with van der Waals surface area (Å²) in [6, 6.07) is 7.20. The van der Waals surface area contributed by atoms with Gasteiger partial charge in [0.25, 0.3) is 0 Å². The van der Waals surface area contributed by atoms with Crippen LogP contribution in [0.25, 0.3) is 0 Å². The molecule has 0 aliphatic rings. The molecule has 0 aliphatic heterocycles. The molecule has 0 unspecified atom stereocenters. The van der Waals surface area contributed by atoms with Crippen LogP contribution >= 0.6 is 25.3 Å². The van der Waals surface area contributed by atoms with Crippen LogP contribution in [0.5, 0.6) is 0 Å². The zero-order chi connectivity index (χ0) is 8.27. The number of ketones is 1. The first-order valence-corrected chi connectivity index (χ1v) is 4.25. The molecular formula is C8H8OS2. The molecular weight excluding hydrogens is 176 g/mol. The monoisotopic (exact) mass is 184 g/mol. The Labute approximate surface area is 76.6 Å². The van der Waals surface area contributed by atoms with E-state index in [-0.39, 0.29) is 11.5 Å². The molecule has 0 saturated heterocycles. The lowest BCUT2D eigenvalue weighted by molar-refractivity contribution is 0.102. The highest BCUT2D eigenvalue weighted by atomic mass is 32.1. The summed E-state index contributed by atoms with van der Waals surface area (Å²) >= 11 is 8.03. The smallest absolute Gasteiger partial charge is 0.173 e. The molecule has 0 amide bonds. The summed E-state index contributed by atoms with van der Waals surface area (Å²) in [4.78, 5) is 11.8. The van der Waals surface area contributed by atoms with Crippen LogP contribution in [-0.4, -0.2) is 11.5 Å². The third-order valence-corrected chi connectivity index (χ3v) is 2.03. The second-order valence-electron chi connectivity index (χ2n) is 2.10. The SMILES string of the molecule is O=C(CS)c1ccccc1S. The first-order valence-electron chi connectivity index (χ1n) is 3.17. The first kappa shape index (κ1) is 8.68. The van der Waals surface area contributed by atoms with Crippen molar-refractivity contribution < 1.29 is 4.79 Å². The number of Topliss-reactive ketones (excluding diaryl/α,β-unsaturated/α-hetero) is 1. The second-order valence-corrected chi connectivity index (χ2v) is 2.90. The molecule has 0 radical (unpaired) electrons. The Kier molecular flexibility index (Phi) is 3.02. The summed E-state index contributed by atoms with van der Waals surface area (Å²) in [6.07, 6.45) is 0. The molecule has 0 spiro atoms. The van der Waals surface area contributed by atoms with E-state index >= 15 is 0 Å². The lowest BCUT2D eigenvalue weighted by Crippen LogP contribution is -2.00. The quantitative estimate of drug-likeness (QED) is 0.531. The normalized spacial score (nSPS) is 9.64. The minimum absolute atomic E-state index is 0.0129. The lowest BCUT2D eigenvalue weighted by atomic mass is 10.1. The molecule has 1 rings (SSSR count). The summed E-state index contributed by atoms with van der Waals surface area (Å²) in [7, 11) is 0. The molecule has 0 saturated carbocycles. The van der Waals surface area contributed by atoms with Crippen LogP contribution in [0.15, 0.2) is 29.2 Å². The van der Waals surface area contributed by atoms with Gasteiger partial charge in [0.05, 0.1) is 5.75 Å². The van der Waals surface area contributed by atoms with E-state index in [4.69, 9.17) is 0 Å². The topological polar surface area (TPSA) is 17.1 Å². The Bertz CT molecular complexity index is 271. The van der Waals surface area contributed by atoms with Crippen LogP contribution in [0.2, 0.25) is 0 Å². The van der Waals surface area contributed by atoms with E-state index in [1.807, 2.05) is 12.1 Å². The van der Waals surface area contributed by atoms with Gasteiger partial charge in [-0.25, -0.2) is 0 Å². The van der Waals surface area contributed by atoms with Gasteiger partial charge in [-0.2, -0.15) is 12.6 Å². The molecule has 1 aromatic rings. The van der Waals surface area contributed by atoms with Crippen molar-refractivity contribution in [2.75, 3.05) is 5.75 Å². The molecule has 0 N–H and O–H groups in total. The maximum absolute atomic E-state index is 11.1. The summed E-state index contributed by atoms with van der Waals surface area (Å²) in [5.41, 5.74) is 0.644. The summed E-state index contributed by atoms with van der Waals surface area (Å²) in [5.74, 6) is 0.247. The Balaban J connectivity index is 3.03. The minimum atomic E-state index is 0.0129. The Hall–Kier alpha value is -0.410. The number of rotatable bonds is 2. The lowest BCUT2D eigenvalue weighted by Gasteiger charge is -1.99. The molecule has 0 bridgehead atoms. The van der Waals surface area contributed by atoms with Gasteiger partial charge in [-0.05, 0) is 6.07 Å². The van der Waals surface area contributed by atoms with Crippen LogP contribution in [0.1, 0.15) is 10.4 Å². The van der Waals surface area contributed by atoms with E-state index in [0.29, 0.717) is 10.5 Å². The van der Waals surface area contributed by atoms with Crippen LogP contribution in [0.4, 0.5) is 0 Å². The number of carbonyl (C=O) groups is 1. The fraction of sp³-hybridized carbons (Fsp3) is 0.125. The molecule has 3 heteroatoms. The standard InChI is InChI=1S/C8H8OS2/c9-7(5-10)6-3-1-2-4-8(6)11/h1-4,10-11H,5H2. The van der Waals surface area contributed by atoms with Crippen molar-refractivity contribution in [1.82, 2.24) is 0 Å². The number of carbonyl (C=O) groups excluding carboxylic acids is 1. The van der Waals surface area contributed by atoms with Gasteiger partial charge in [-0.3, -0.25) is 4.79 Å². The van der Waals surface area contributed by atoms with Gasteiger partial charge in [0.15, 0.2) is 5.78 Å². The molecule has 0 fully saturated rings. The van der Waals surface area contributed by atoms with Gasteiger partial charge in [0.1, 0.15) is 0 Å². The third kappa shape index (κ3) is 2.01. The van der Waals surface area contributed by atoms with E-state index in [1.165, 1.54) is 0 Å². The maximum Gasteiger partial charge on any atom is 0.173 e. The number of benzene rings is 1. The molecule has 1 nitrogen and oxygen atoms in total. The molecule has 0 atom stereocenters. The van der Waals surface area contributed by atoms with E-state index in [9.17, 15) is 4.79 Å². The number of thiol groups is 2. The molecule has 0 heterocycles. The summed E-state index contributed by atoms with van der Waals surface area (Å²) in [5, 5.41) is 0. The van der Waals surface area contributed by atoms with E-state index in [0.717, 1.165) is 0 Å². The zero-order valence-electron chi connectivity index (χ0n) is 5.82. The molecule has 0 aromatic heterocycles.